The first kappa shape index (κ1) is 14.0. The van der Waals surface area contributed by atoms with E-state index >= 15 is 0 Å². The van der Waals surface area contributed by atoms with Crippen LogP contribution in [-0.4, -0.2) is 64.5 Å². The van der Waals surface area contributed by atoms with Gasteiger partial charge in [0, 0.05) is 44.5 Å². The number of piperazine rings is 1. The Kier molecular flexibility index (Phi) is 3.88. The van der Waals surface area contributed by atoms with Gasteiger partial charge in [-0.15, -0.1) is 0 Å². The third kappa shape index (κ3) is 3.39. The number of carbonyl (C=O) groups is 2. The Hall–Kier alpha value is -1.95. The Labute approximate surface area is 123 Å². The number of rotatable bonds is 4. The van der Waals surface area contributed by atoms with E-state index in [1.165, 1.54) is 25.1 Å². The lowest BCUT2D eigenvalue weighted by molar-refractivity contribution is 0.0632. The summed E-state index contributed by atoms with van der Waals surface area (Å²) in [6.45, 7) is 4.37. The highest BCUT2D eigenvalue weighted by Crippen LogP contribution is 2.29. The molecule has 0 unspecified atom stereocenters. The smallest absolute Gasteiger partial charge is 0.354 e. The molecule has 1 saturated heterocycles. The van der Waals surface area contributed by atoms with Gasteiger partial charge in [-0.1, -0.05) is 0 Å². The van der Waals surface area contributed by atoms with Gasteiger partial charge in [0.05, 0.1) is 0 Å². The number of aromatic nitrogens is 1. The predicted octanol–water partition coefficient (Wildman–Crippen LogP) is 0.948. The van der Waals surface area contributed by atoms with Gasteiger partial charge in [-0.2, -0.15) is 0 Å². The standard InChI is InChI=1S/C15H19N3O3/c19-14(12-3-4-16-13(9-12)15(20)21)18-7-5-17(6-8-18)10-11-1-2-11/h3-4,9,11H,1-2,5-8,10H2,(H,20,21). The van der Waals surface area contributed by atoms with Crippen LogP contribution in [0.15, 0.2) is 18.3 Å². The zero-order valence-electron chi connectivity index (χ0n) is 11.9. The van der Waals surface area contributed by atoms with E-state index in [2.05, 4.69) is 9.88 Å². The van der Waals surface area contributed by atoms with Crippen molar-refractivity contribution < 1.29 is 14.7 Å². The quantitative estimate of drug-likeness (QED) is 0.893. The summed E-state index contributed by atoms with van der Waals surface area (Å²) >= 11 is 0. The summed E-state index contributed by atoms with van der Waals surface area (Å²) in [6, 6.07) is 2.92. The Morgan fingerprint density at radius 2 is 1.95 bits per heavy atom. The molecule has 1 aliphatic carbocycles. The summed E-state index contributed by atoms with van der Waals surface area (Å²) in [6.07, 6.45) is 4.06. The van der Waals surface area contributed by atoms with Crippen molar-refractivity contribution in [1.82, 2.24) is 14.8 Å². The molecule has 0 bridgehead atoms. The van der Waals surface area contributed by atoms with Gasteiger partial charge in [0.15, 0.2) is 0 Å². The maximum Gasteiger partial charge on any atom is 0.354 e. The highest BCUT2D eigenvalue weighted by atomic mass is 16.4. The van der Waals surface area contributed by atoms with E-state index in [0.29, 0.717) is 18.7 Å². The zero-order valence-corrected chi connectivity index (χ0v) is 11.9. The molecule has 1 aromatic rings. The van der Waals surface area contributed by atoms with E-state index in [1.54, 1.807) is 11.0 Å². The summed E-state index contributed by atoms with van der Waals surface area (Å²) in [5.74, 6) is -0.351. The van der Waals surface area contributed by atoms with Crippen LogP contribution in [0.3, 0.4) is 0 Å². The van der Waals surface area contributed by atoms with Crippen LogP contribution in [0.5, 0.6) is 0 Å². The van der Waals surface area contributed by atoms with Crippen LogP contribution < -0.4 is 0 Å². The molecule has 2 aliphatic rings. The lowest BCUT2D eigenvalue weighted by Crippen LogP contribution is -2.49. The molecule has 6 heteroatoms. The van der Waals surface area contributed by atoms with Gasteiger partial charge in [0.25, 0.3) is 5.91 Å². The van der Waals surface area contributed by atoms with Crippen LogP contribution in [0, 0.1) is 5.92 Å². The molecule has 0 radical (unpaired) electrons. The summed E-state index contributed by atoms with van der Waals surface area (Å²) in [4.78, 5) is 31.3. The summed E-state index contributed by atoms with van der Waals surface area (Å²) in [7, 11) is 0. The molecule has 0 atom stereocenters. The number of carbonyl (C=O) groups excluding carboxylic acids is 1. The molecule has 0 spiro atoms. The van der Waals surface area contributed by atoms with Crippen molar-refractivity contribution in [3.05, 3.63) is 29.6 Å². The monoisotopic (exact) mass is 289 g/mol. The fourth-order valence-corrected chi connectivity index (χ4v) is 2.66. The average molecular weight is 289 g/mol. The number of hydrogen-bond acceptors (Lipinski definition) is 4. The lowest BCUT2D eigenvalue weighted by atomic mass is 10.2. The van der Waals surface area contributed by atoms with Crippen LogP contribution in [0.2, 0.25) is 0 Å². The molecule has 1 saturated carbocycles. The maximum absolute atomic E-state index is 12.4. The molecule has 3 rings (SSSR count). The largest absolute Gasteiger partial charge is 0.477 e. The first-order chi connectivity index (χ1) is 10.1. The number of carboxylic acid groups (broad SMARTS) is 1. The predicted molar refractivity (Wildman–Crippen MR) is 76.3 cm³/mol. The molecule has 2 heterocycles. The van der Waals surface area contributed by atoms with Crippen molar-refractivity contribution >= 4 is 11.9 Å². The molecule has 2 fully saturated rings. The van der Waals surface area contributed by atoms with Gasteiger partial charge in [0.2, 0.25) is 0 Å². The van der Waals surface area contributed by atoms with Crippen molar-refractivity contribution in [1.29, 1.82) is 0 Å². The lowest BCUT2D eigenvalue weighted by Gasteiger charge is -2.34. The van der Waals surface area contributed by atoms with Crippen LogP contribution in [-0.2, 0) is 0 Å². The van der Waals surface area contributed by atoms with Crippen molar-refractivity contribution in [3.8, 4) is 0 Å². The SMILES string of the molecule is O=C(O)c1cc(C(=O)N2CCN(CC3CC3)CC2)ccn1. The number of aromatic carboxylic acids is 1. The van der Waals surface area contributed by atoms with E-state index in [0.717, 1.165) is 25.6 Å². The van der Waals surface area contributed by atoms with E-state index in [-0.39, 0.29) is 11.6 Å². The van der Waals surface area contributed by atoms with Crippen LogP contribution in [0.1, 0.15) is 33.7 Å². The fraction of sp³-hybridized carbons (Fsp3) is 0.533. The van der Waals surface area contributed by atoms with Crippen LogP contribution in [0.4, 0.5) is 0 Å². The molecule has 6 nitrogen and oxygen atoms in total. The second-order valence-electron chi connectivity index (χ2n) is 5.77. The Morgan fingerprint density at radius 1 is 1.24 bits per heavy atom. The van der Waals surface area contributed by atoms with E-state index in [4.69, 9.17) is 5.11 Å². The molecule has 112 valence electrons. The topological polar surface area (TPSA) is 73.7 Å². The van der Waals surface area contributed by atoms with E-state index in [9.17, 15) is 9.59 Å². The first-order valence-electron chi connectivity index (χ1n) is 7.34. The third-order valence-corrected chi connectivity index (χ3v) is 4.10. The molecule has 0 aromatic carbocycles. The molecule has 1 aliphatic heterocycles. The normalized spacial score (nSPS) is 19.5. The fourth-order valence-electron chi connectivity index (χ4n) is 2.66. The van der Waals surface area contributed by atoms with Crippen LogP contribution in [0.25, 0.3) is 0 Å². The molecule has 21 heavy (non-hydrogen) atoms. The molecular formula is C15H19N3O3. The minimum atomic E-state index is -1.11. The summed E-state index contributed by atoms with van der Waals surface area (Å²) in [5.41, 5.74) is 0.311. The molecule has 1 aromatic heterocycles. The zero-order chi connectivity index (χ0) is 14.8. The Balaban J connectivity index is 1.60. The minimum Gasteiger partial charge on any atom is -0.477 e. The number of pyridine rings is 1. The number of hydrogen-bond donors (Lipinski definition) is 1. The van der Waals surface area contributed by atoms with Crippen LogP contribution >= 0.6 is 0 Å². The second-order valence-corrected chi connectivity index (χ2v) is 5.77. The third-order valence-electron chi connectivity index (χ3n) is 4.10. The average Bonchev–Trinajstić information content (AvgIpc) is 3.31. The van der Waals surface area contributed by atoms with Crippen molar-refractivity contribution in [3.63, 3.8) is 0 Å². The van der Waals surface area contributed by atoms with Crippen molar-refractivity contribution in [2.24, 2.45) is 5.92 Å². The number of carboxylic acids is 1. The molecular weight excluding hydrogens is 270 g/mol. The molecule has 1 N–H and O–H groups in total. The van der Waals surface area contributed by atoms with Crippen molar-refractivity contribution in [2.75, 3.05) is 32.7 Å². The van der Waals surface area contributed by atoms with Gasteiger partial charge >= 0.3 is 5.97 Å². The van der Waals surface area contributed by atoms with Gasteiger partial charge < -0.3 is 10.0 Å². The summed E-state index contributed by atoms with van der Waals surface area (Å²) < 4.78 is 0. The number of amides is 1. The van der Waals surface area contributed by atoms with Crippen molar-refractivity contribution in [2.45, 2.75) is 12.8 Å². The van der Waals surface area contributed by atoms with Gasteiger partial charge in [-0.05, 0) is 30.9 Å². The number of nitrogens with zero attached hydrogens (tertiary/aromatic N) is 3. The molecule has 1 amide bonds. The Morgan fingerprint density at radius 3 is 2.57 bits per heavy atom. The van der Waals surface area contributed by atoms with E-state index < -0.39 is 5.97 Å². The first-order valence-corrected chi connectivity index (χ1v) is 7.34. The second kappa shape index (κ2) is 5.81. The highest BCUT2D eigenvalue weighted by Gasteiger charge is 2.28. The van der Waals surface area contributed by atoms with Gasteiger partial charge in [0.1, 0.15) is 5.69 Å². The Bertz CT molecular complexity index is 549. The van der Waals surface area contributed by atoms with E-state index in [1.807, 2.05) is 0 Å². The summed E-state index contributed by atoms with van der Waals surface area (Å²) in [5, 5.41) is 8.93. The highest BCUT2D eigenvalue weighted by molar-refractivity contribution is 5.96. The minimum absolute atomic E-state index is 0.0896. The maximum atomic E-state index is 12.4. The van der Waals surface area contributed by atoms with Gasteiger partial charge in [-0.25, -0.2) is 9.78 Å². The van der Waals surface area contributed by atoms with Gasteiger partial charge in [-0.3, -0.25) is 9.69 Å².